The third-order valence-electron chi connectivity index (χ3n) is 15.3. The Balaban J connectivity index is 4.16. The molecule has 0 aliphatic heterocycles. The highest BCUT2D eigenvalue weighted by Gasteiger charge is 2.19. The lowest BCUT2D eigenvalue weighted by Crippen LogP contribution is -2.30. The van der Waals surface area contributed by atoms with Crippen LogP contribution in [0.1, 0.15) is 348 Å². The van der Waals surface area contributed by atoms with Gasteiger partial charge in [0.1, 0.15) is 13.2 Å². The number of carbonyl (C=O) groups is 3. The van der Waals surface area contributed by atoms with E-state index in [0.29, 0.717) is 19.3 Å². The fourth-order valence-electron chi connectivity index (χ4n) is 10.0. The molecule has 0 aromatic heterocycles. The molecule has 6 nitrogen and oxygen atoms in total. The summed E-state index contributed by atoms with van der Waals surface area (Å²) >= 11 is 0. The second-order valence-electron chi connectivity index (χ2n) is 23.4. The predicted octanol–water partition coefficient (Wildman–Crippen LogP) is 24.4. The van der Waals surface area contributed by atoms with Crippen molar-refractivity contribution in [2.24, 2.45) is 0 Å². The highest BCUT2D eigenvalue weighted by molar-refractivity contribution is 5.71. The molecule has 0 saturated heterocycles. The molecule has 0 aliphatic carbocycles. The lowest BCUT2D eigenvalue weighted by Gasteiger charge is -2.18. The number of esters is 3. The quantitative estimate of drug-likeness (QED) is 0.0261. The van der Waals surface area contributed by atoms with Crippen molar-refractivity contribution in [3.05, 3.63) is 97.2 Å². The molecule has 0 bridgehead atoms. The molecule has 0 aromatic rings. The SMILES string of the molecule is CC/C=C\C/C=C\C/C=C\C/C=C\C/C=C\CCCCCCCCCC(=O)OC(COC(=O)CCCCCCC/C=C\CCC)COC(=O)CCCCCCCCCCCCCCCCCCCCC/C=C\C/C=C\CCCCCCC. The Hall–Kier alpha value is -3.67. The largest absolute Gasteiger partial charge is 0.462 e. The number of unbranched alkanes of at least 4 members (excludes halogenated alkanes) is 37. The molecular formula is C76H132O6. The number of carbonyl (C=O) groups excluding carboxylic acids is 3. The van der Waals surface area contributed by atoms with Crippen molar-refractivity contribution in [1.82, 2.24) is 0 Å². The molecule has 0 spiro atoms. The van der Waals surface area contributed by atoms with E-state index in [-0.39, 0.29) is 31.1 Å². The predicted molar refractivity (Wildman–Crippen MR) is 357 cm³/mol. The van der Waals surface area contributed by atoms with Crippen LogP contribution in [0.3, 0.4) is 0 Å². The Kier molecular flexibility index (Phi) is 66.7. The van der Waals surface area contributed by atoms with Gasteiger partial charge in [-0.05, 0) is 116 Å². The van der Waals surface area contributed by atoms with E-state index in [1.165, 1.54) is 193 Å². The van der Waals surface area contributed by atoms with Crippen molar-refractivity contribution in [2.75, 3.05) is 13.2 Å². The van der Waals surface area contributed by atoms with Gasteiger partial charge in [0.25, 0.3) is 0 Å². The molecule has 0 aliphatic rings. The van der Waals surface area contributed by atoms with Crippen molar-refractivity contribution < 1.29 is 28.6 Å². The van der Waals surface area contributed by atoms with Crippen molar-refractivity contribution >= 4 is 17.9 Å². The van der Waals surface area contributed by atoms with Gasteiger partial charge in [-0.3, -0.25) is 14.4 Å². The summed E-state index contributed by atoms with van der Waals surface area (Å²) < 4.78 is 16.9. The first kappa shape index (κ1) is 78.3. The Labute approximate surface area is 508 Å². The van der Waals surface area contributed by atoms with Crippen LogP contribution in [0, 0.1) is 0 Å². The fourth-order valence-corrected chi connectivity index (χ4v) is 10.0. The number of hydrogen-bond donors (Lipinski definition) is 0. The lowest BCUT2D eigenvalue weighted by molar-refractivity contribution is -0.167. The fraction of sp³-hybridized carbons (Fsp3) is 0.750. The van der Waals surface area contributed by atoms with Crippen LogP contribution < -0.4 is 0 Å². The van der Waals surface area contributed by atoms with E-state index >= 15 is 0 Å². The minimum atomic E-state index is -0.787. The van der Waals surface area contributed by atoms with Crippen LogP contribution in [-0.2, 0) is 28.6 Å². The molecule has 0 fully saturated rings. The molecular weight excluding hydrogens is 1010 g/mol. The van der Waals surface area contributed by atoms with E-state index in [0.717, 1.165) is 116 Å². The number of hydrogen-bond acceptors (Lipinski definition) is 6. The summed E-state index contributed by atoms with van der Waals surface area (Å²) in [6.45, 7) is 6.47. The highest BCUT2D eigenvalue weighted by Crippen LogP contribution is 2.17. The Morgan fingerprint density at radius 3 is 0.805 bits per heavy atom. The minimum absolute atomic E-state index is 0.0823. The van der Waals surface area contributed by atoms with E-state index < -0.39 is 6.10 Å². The Morgan fingerprint density at radius 1 is 0.256 bits per heavy atom. The van der Waals surface area contributed by atoms with Gasteiger partial charge in [-0.2, -0.15) is 0 Å². The maximum Gasteiger partial charge on any atom is 0.306 e. The van der Waals surface area contributed by atoms with Crippen LogP contribution in [0.4, 0.5) is 0 Å². The highest BCUT2D eigenvalue weighted by atomic mass is 16.6. The molecule has 0 N–H and O–H groups in total. The third kappa shape index (κ3) is 67.1. The van der Waals surface area contributed by atoms with E-state index in [9.17, 15) is 14.4 Å². The number of allylic oxidation sites excluding steroid dienone is 16. The zero-order chi connectivity index (χ0) is 59.2. The molecule has 0 radical (unpaired) electrons. The second kappa shape index (κ2) is 69.8. The molecule has 0 rings (SSSR count). The van der Waals surface area contributed by atoms with Crippen molar-refractivity contribution in [1.29, 1.82) is 0 Å². The molecule has 0 amide bonds. The zero-order valence-corrected chi connectivity index (χ0v) is 54.2. The van der Waals surface area contributed by atoms with E-state index in [1.54, 1.807) is 0 Å². The van der Waals surface area contributed by atoms with Crippen molar-refractivity contribution in [2.45, 2.75) is 354 Å². The topological polar surface area (TPSA) is 78.9 Å². The summed E-state index contributed by atoms with van der Waals surface area (Å²) in [5.74, 6) is -0.891. The molecule has 0 aromatic carbocycles. The molecule has 82 heavy (non-hydrogen) atoms. The molecule has 472 valence electrons. The van der Waals surface area contributed by atoms with Gasteiger partial charge in [0, 0.05) is 19.3 Å². The second-order valence-corrected chi connectivity index (χ2v) is 23.4. The third-order valence-corrected chi connectivity index (χ3v) is 15.3. The summed E-state index contributed by atoms with van der Waals surface area (Å²) in [5, 5.41) is 0. The van der Waals surface area contributed by atoms with Gasteiger partial charge in [-0.25, -0.2) is 0 Å². The Bertz CT molecular complexity index is 1590. The van der Waals surface area contributed by atoms with Crippen molar-refractivity contribution in [3.63, 3.8) is 0 Å². The minimum Gasteiger partial charge on any atom is -0.462 e. The maximum absolute atomic E-state index is 12.9. The van der Waals surface area contributed by atoms with Gasteiger partial charge in [0.15, 0.2) is 6.10 Å². The summed E-state index contributed by atoms with van der Waals surface area (Å²) in [6, 6.07) is 0. The van der Waals surface area contributed by atoms with Crippen LogP contribution >= 0.6 is 0 Å². The molecule has 0 saturated carbocycles. The summed E-state index contributed by atoms with van der Waals surface area (Å²) in [7, 11) is 0. The summed E-state index contributed by atoms with van der Waals surface area (Å²) in [6.07, 6.45) is 94.5. The van der Waals surface area contributed by atoms with E-state index in [4.69, 9.17) is 14.2 Å². The van der Waals surface area contributed by atoms with Gasteiger partial charge in [0.05, 0.1) is 0 Å². The van der Waals surface area contributed by atoms with Crippen molar-refractivity contribution in [3.8, 4) is 0 Å². The zero-order valence-electron chi connectivity index (χ0n) is 54.2. The molecule has 0 heterocycles. The summed E-state index contributed by atoms with van der Waals surface area (Å²) in [5.41, 5.74) is 0. The molecule has 1 unspecified atom stereocenters. The Morgan fingerprint density at radius 2 is 0.500 bits per heavy atom. The number of rotatable bonds is 64. The first-order chi connectivity index (χ1) is 40.5. The van der Waals surface area contributed by atoms with E-state index in [1.807, 2.05) is 0 Å². The van der Waals surface area contributed by atoms with Gasteiger partial charge in [0.2, 0.25) is 0 Å². The van der Waals surface area contributed by atoms with Gasteiger partial charge >= 0.3 is 17.9 Å². The number of ether oxygens (including phenoxy) is 3. The van der Waals surface area contributed by atoms with Gasteiger partial charge in [-0.1, -0.05) is 311 Å². The average molecular weight is 1140 g/mol. The average Bonchev–Trinajstić information content (AvgIpc) is 3.47. The normalized spacial score (nSPS) is 12.7. The smallest absolute Gasteiger partial charge is 0.306 e. The lowest BCUT2D eigenvalue weighted by atomic mass is 10.0. The van der Waals surface area contributed by atoms with Crippen LogP contribution in [0.2, 0.25) is 0 Å². The standard InChI is InChI=1S/C76H132O6/c1-4-7-10-13-16-19-22-24-26-28-30-32-34-35-36-37-38-39-40-41-43-44-46-48-50-52-54-57-60-63-66-69-75(78)81-72-73(71-80-74(77)68-65-62-59-56-21-18-15-12-9-6-3)82-76(79)70-67-64-61-58-55-53-51-49-47-45-42-33-31-29-27-25-23-20-17-14-11-8-5-2/h8,11-12,15,17,20,22,24-25,27-28,30-31,33,45,47,73H,4-7,9-10,13-14,16,18-19,21,23,26,29,32,34-44,46,48-72H2,1-3H3/b11-8-,15-12-,20-17-,24-22-,27-25-,30-28-,33-31-,47-45-. The van der Waals surface area contributed by atoms with Crippen LogP contribution in [0.15, 0.2) is 97.2 Å². The van der Waals surface area contributed by atoms with Crippen LogP contribution in [0.5, 0.6) is 0 Å². The molecule has 1 atom stereocenters. The first-order valence-corrected chi connectivity index (χ1v) is 35.2. The maximum atomic E-state index is 12.9. The van der Waals surface area contributed by atoms with E-state index in [2.05, 4.69) is 118 Å². The van der Waals surface area contributed by atoms with Gasteiger partial charge < -0.3 is 14.2 Å². The monoisotopic (exact) mass is 1140 g/mol. The molecule has 6 heteroatoms. The van der Waals surface area contributed by atoms with Gasteiger partial charge in [-0.15, -0.1) is 0 Å². The summed E-state index contributed by atoms with van der Waals surface area (Å²) in [4.78, 5) is 38.3. The van der Waals surface area contributed by atoms with Crippen LogP contribution in [-0.4, -0.2) is 37.2 Å². The van der Waals surface area contributed by atoms with Crippen LogP contribution in [0.25, 0.3) is 0 Å². The first-order valence-electron chi connectivity index (χ1n) is 35.2.